The van der Waals surface area contributed by atoms with Crippen LogP contribution in [-0.2, 0) is 14.0 Å². The predicted molar refractivity (Wildman–Crippen MR) is 242 cm³/mol. The molecule has 1 saturated heterocycles. The Bertz CT molecular complexity index is 2440. The van der Waals surface area contributed by atoms with Gasteiger partial charge in [0.15, 0.2) is 0 Å². The van der Waals surface area contributed by atoms with Crippen LogP contribution in [0, 0.1) is 27.9 Å². The fourth-order valence-electron chi connectivity index (χ4n) is 9.15. The van der Waals surface area contributed by atoms with Crippen LogP contribution in [0.2, 0.25) is 5.04 Å². The van der Waals surface area contributed by atoms with Crippen molar-refractivity contribution in [2.45, 2.75) is 51.2 Å². The topological polar surface area (TPSA) is 163 Å². The first-order chi connectivity index (χ1) is 29.2. The molecule has 0 unspecified atom stereocenters. The molecule has 61 heavy (non-hydrogen) atoms. The van der Waals surface area contributed by atoms with Gasteiger partial charge in [-0.3, -0.25) is 24.7 Å². The van der Waals surface area contributed by atoms with Crippen molar-refractivity contribution in [2.24, 2.45) is 17.8 Å². The summed E-state index contributed by atoms with van der Waals surface area (Å²) in [5, 5.41) is 47.9. The van der Waals surface area contributed by atoms with Crippen molar-refractivity contribution in [3.8, 4) is 5.75 Å². The number of aromatic nitrogens is 1. The summed E-state index contributed by atoms with van der Waals surface area (Å²) < 4.78 is 8.16. The first kappa shape index (κ1) is 43.5. The lowest BCUT2D eigenvalue weighted by Gasteiger charge is -2.44. The third-order valence-electron chi connectivity index (χ3n) is 11.9. The number of nitro benzene ring substituents is 1. The number of pyridine rings is 1. The minimum Gasteiger partial charge on any atom is -0.507 e. The highest BCUT2D eigenvalue weighted by Gasteiger charge is 2.56. The summed E-state index contributed by atoms with van der Waals surface area (Å²) in [6.07, 6.45) is 2.79. The highest BCUT2D eigenvalue weighted by atomic mass is 79.9. The van der Waals surface area contributed by atoms with Crippen molar-refractivity contribution in [3.05, 3.63) is 165 Å². The molecule has 5 aromatic rings. The van der Waals surface area contributed by atoms with E-state index >= 15 is 0 Å². The molecule has 4 aromatic carbocycles. The van der Waals surface area contributed by atoms with Crippen LogP contribution in [0.3, 0.4) is 0 Å². The Labute approximate surface area is 364 Å². The molecule has 0 bridgehead atoms. The molecule has 2 heterocycles. The SMILES string of the molecule is CC(C)(C)[Si](OCC1=C([C@H](O)CC/C(=C/c2cc(Br)ccc2O)c2ccccn2)[C@H](CO)[C@@H]2C(=O)N(c3cccc([N+](=O)[O-])c3)C(=O)[C@@H]2C1)(c1ccccc1)c1ccccc1. The molecule has 1 aliphatic heterocycles. The number of amides is 2. The highest BCUT2D eigenvalue weighted by molar-refractivity contribution is 9.10. The fraction of sp³-hybridized carbons (Fsp3) is 0.271. The van der Waals surface area contributed by atoms with E-state index in [2.05, 4.69) is 66.0 Å². The van der Waals surface area contributed by atoms with Crippen LogP contribution in [0.15, 0.2) is 143 Å². The second-order valence-electron chi connectivity index (χ2n) is 16.6. The summed E-state index contributed by atoms with van der Waals surface area (Å²) in [6.45, 7) is 5.92. The summed E-state index contributed by atoms with van der Waals surface area (Å²) in [6, 6.07) is 36.2. The van der Waals surface area contributed by atoms with Gasteiger partial charge in [0.05, 0.1) is 47.5 Å². The molecule has 314 valence electrons. The van der Waals surface area contributed by atoms with Crippen LogP contribution in [0.5, 0.6) is 5.75 Å². The molecule has 7 rings (SSSR count). The number of hydrogen-bond donors (Lipinski definition) is 3. The van der Waals surface area contributed by atoms with E-state index in [1.54, 1.807) is 30.5 Å². The van der Waals surface area contributed by atoms with Gasteiger partial charge in [-0.2, -0.15) is 0 Å². The number of phenols is 1. The molecule has 1 aromatic heterocycles. The fourth-order valence-corrected chi connectivity index (χ4v) is 14.1. The van der Waals surface area contributed by atoms with Crippen LogP contribution < -0.4 is 15.3 Å². The van der Waals surface area contributed by atoms with Crippen molar-refractivity contribution in [1.29, 1.82) is 0 Å². The number of anilines is 1. The number of aliphatic hydroxyl groups is 2. The number of imide groups is 1. The Morgan fingerprint density at radius 1 is 0.951 bits per heavy atom. The van der Waals surface area contributed by atoms with Crippen molar-refractivity contribution in [3.63, 3.8) is 0 Å². The lowest BCUT2D eigenvalue weighted by Crippen LogP contribution is -2.66. The van der Waals surface area contributed by atoms with Crippen LogP contribution in [-0.4, -0.2) is 64.7 Å². The van der Waals surface area contributed by atoms with Gasteiger partial charge in [-0.25, -0.2) is 4.90 Å². The number of aliphatic hydroxyl groups excluding tert-OH is 2. The molecule has 3 N–H and O–H groups in total. The number of nitro groups is 1. The number of phenolic OH excluding ortho intramolecular Hbond substituents is 1. The number of carbonyl (C=O) groups excluding carboxylic acids is 2. The molecule has 2 amide bonds. The zero-order valence-corrected chi connectivity index (χ0v) is 36.7. The Balaban J connectivity index is 1.33. The zero-order chi connectivity index (χ0) is 43.5. The molecular weight excluding hydrogens is 855 g/mol. The van der Waals surface area contributed by atoms with Crippen LogP contribution in [0.4, 0.5) is 11.4 Å². The average Bonchev–Trinajstić information content (AvgIpc) is 3.51. The number of hydrogen-bond acceptors (Lipinski definition) is 9. The van der Waals surface area contributed by atoms with Crippen molar-refractivity contribution in [2.75, 3.05) is 18.1 Å². The second kappa shape index (κ2) is 18.2. The van der Waals surface area contributed by atoms with Gasteiger partial charge in [0, 0.05) is 34.3 Å². The van der Waals surface area contributed by atoms with Gasteiger partial charge in [-0.15, -0.1) is 0 Å². The number of aromatic hydroxyl groups is 1. The molecule has 0 radical (unpaired) electrons. The maximum Gasteiger partial charge on any atom is 0.271 e. The Kier molecular flexibility index (Phi) is 13.0. The van der Waals surface area contributed by atoms with Crippen LogP contribution in [0.25, 0.3) is 11.6 Å². The lowest BCUT2D eigenvalue weighted by molar-refractivity contribution is -0.384. The van der Waals surface area contributed by atoms with Crippen molar-refractivity contribution < 1.29 is 34.3 Å². The Hall–Kier alpha value is -5.57. The average molecular weight is 903 g/mol. The summed E-state index contributed by atoms with van der Waals surface area (Å²) in [4.78, 5) is 45.6. The largest absolute Gasteiger partial charge is 0.507 e. The van der Waals surface area contributed by atoms with Gasteiger partial charge in [-0.05, 0) is 93.9 Å². The quantitative estimate of drug-likeness (QED) is 0.0332. The van der Waals surface area contributed by atoms with E-state index in [-0.39, 0.29) is 43.0 Å². The van der Waals surface area contributed by atoms with Gasteiger partial charge in [0.1, 0.15) is 5.75 Å². The number of non-ortho nitro benzene ring substituents is 1. The lowest BCUT2D eigenvalue weighted by atomic mass is 9.68. The molecule has 1 fully saturated rings. The number of carbonyl (C=O) groups is 2. The van der Waals surface area contributed by atoms with Crippen LogP contribution >= 0.6 is 15.9 Å². The van der Waals surface area contributed by atoms with Gasteiger partial charge in [-0.1, -0.05) is 109 Å². The zero-order valence-electron chi connectivity index (χ0n) is 34.1. The molecule has 4 atom stereocenters. The maximum atomic E-state index is 14.5. The second-order valence-corrected chi connectivity index (χ2v) is 21.8. The minimum absolute atomic E-state index is 0.00647. The number of allylic oxidation sites excluding steroid dienone is 1. The van der Waals surface area contributed by atoms with Crippen molar-refractivity contribution >= 4 is 69.5 Å². The monoisotopic (exact) mass is 901 g/mol. The van der Waals surface area contributed by atoms with E-state index < -0.39 is 60.6 Å². The normalized spacial score (nSPS) is 19.0. The first-order valence-corrected chi connectivity index (χ1v) is 22.9. The van der Waals surface area contributed by atoms with Gasteiger partial charge >= 0.3 is 0 Å². The number of halogens is 1. The summed E-state index contributed by atoms with van der Waals surface area (Å²) in [7, 11) is -3.16. The molecule has 2 aliphatic rings. The van der Waals surface area contributed by atoms with Crippen molar-refractivity contribution in [1.82, 2.24) is 4.98 Å². The summed E-state index contributed by atoms with van der Waals surface area (Å²) in [5.41, 5.74) is 2.79. The molecule has 0 spiro atoms. The van der Waals surface area contributed by atoms with E-state index in [1.807, 2.05) is 54.6 Å². The Morgan fingerprint density at radius 3 is 2.23 bits per heavy atom. The molecule has 1 aliphatic carbocycles. The van der Waals surface area contributed by atoms with E-state index in [4.69, 9.17) is 4.43 Å². The third kappa shape index (κ3) is 8.66. The predicted octanol–water partition coefficient (Wildman–Crippen LogP) is 7.83. The smallest absolute Gasteiger partial charge is 0.271 e. The highest BCUT2D eigenvalue weighted by Crippen LogP contribution is 2.48. The maximum absolute atomic E-state index is 14.5. The Morgan fingerprint density at radius 2 is 1.62 bits per heavy atom. The van der Waals surface area contributed by atoms with Gasteiger partial charge in [0.25, 0.3) is 14.0 Å². The number of nitrogens with zero attached hydrogens (tertiary/aromatic N) is 3. The molecule has 11 nitrogen and oxygen atoms in total. The number of benzene rings is 4. The number of fused-ring (bicyclic) bond motifs is 1. The van der Waals surface area contributed by atoms with E-state index in [1.165, 1.54) is 24.3 Å². The van der Waals surface area contributed by atoms with Gasteiger partial charge in [0.2, 0.25) is 11.8 Å². The summed E-state index contributed by atoms with van der Waals surface area (Å²) >= 11 is 3.49. The minimum atomic E-state index is -3.16. The molecule has 0 saturated carbocycles. The van der Waals surface area contributed by atoms with E-state index in [9.17, 15) is 35.0 Å². The molecular formula is C48H48BrN3O8Si. The third-order valence-corrected chi connectivity index (χ3v) is 17.4. The van der Waals surface area contributed by atoms with E-state index in [0.717, 1.165) is 25.3 Å². The molecule has 13 heteroatoms. The number of rotatable bonds is 14. The first-order valence-electron chi connectivity index (χ1n) is 20.2. The standard InChI is InChI=1S/C48H48BrN3O8Si/c1-48(2,3)61(37-15-6-4-7-16-37,38-17-8-5-9-18-38)60-30-33-27-39-45(47(57)51(46(39)56)35-13-12-14-36(28-35)52(58)59)40(29-53)44(33)43(55)22-20-31(41-19-10-11-24-50-41)25-32-26-34(49)21-23-42(32)54/h4-19,21,23-26,28,39-40,43,45,53-55H,20,22,27,29-30H2,1-3H3/b31-25-/t39-,40+,43-,45-/m1/s1. The van der Waals surface area contributed by atoms with Crippen LogP contribution in [0.1, 0.15) is 51.3 Å². The summed E-state index contributed by atoms with van der Waals surface area (Å²) in [5.74, 6) is -3.98. The van der Waals surface area contributed by atoms with Gasteiger partial charge < -0.3 is 19.7 Å². The van der Waals surface area contributed by atoms with E-state index in [0.29, 0.717) is 22.4 Å².